The molecule has 0 aromatic heterocycles. The summed E-state index contributed by atoms with van der Waals surface area (Å²) in [6.45, 7) is 4.86. The second-order valence-corrected chi connectivity index (χ2v) is 9.26. The van der Waals surface area contributed by atoms with E-state index in [-0.39, 0.29) is 17.9 Å². The Labute approximate surface area is 202 Å². The molecule has 1 fully saturated rings. The molecule has 3 rings (SSSR count). The van der Waals surface area contributed by atoms with Crippen LogP contribution in [0.25, 0.3) is 0 Å². The van der Waals surface area contributed by atoms with Gasteiger partial charge in [0, 0.05) is 24.0 Å². The number of ether oxygens (including phenoxy) is 1. The molecule has 178 valence electrons. The van der Waals surface area contributed by atoms with Crippen molar-refractivity contribution < 1.29 is 14.3 Å². The molecule has 2 aromatic rings. The second-order valence-electron chi connectivity index (χ2n) is 8.83. The van der Waals surface area contributed by atoms with Crippen LogP contribution < -0.4 is 10.1 Å². The molecule has 0 unspecified atom stereocenters. The molecular formula is C27H35ClN2O3. The molecular weight excluding hydrogens is 436 g/mol. The zero-order valence-electron chi connectivity index (χ0n) is 19.7. The lowest BCUT2D eigenvalue weighted by Gasteiger charge is -2.31. The van der Waals surface area contributed by atoms with Crippen molar-refractivity contribution in [3.63, 3.8) is 0 Å². The Bertz CT molecular complexity index is 893. The van der Waals surface area contributed by atoms with Gasteiger partial charge in [-0.2, -0.15) is 0 Å². The van der Waals surface area contributed by atoms with Crippen molar-refractivity contribution in [1.29, 1.82) is 0 Å². The van der Waals surface area contributed by atoms with Gasteiger partial charge >= 0.3 is 0 Å². The van der Waals surface area contributed by atoms with E-state index in [1.54, 1.807) is 17.0 Å². The van der Waals surface area contributed by atoms with Crippen LogP contribution in [0.5, 0.6) is 5.75 Å². The minimum Gasteiger partial charge on any atom is -0.494 e. The van der Waals surface area contributed by atoms with Crippen LogP contribution in [-0.2, 0) is 16.1 Å². The van der Waals surface area contributed by atoms with Crippen LogP contribution in [0.2, 0.25) is 5.02 Å². The number of rotatable bonds is 11. The van der Waals surface area contributed by atoms with Gasteiger partial charge in [0.15, 0.2) is 0 Å². The summed E-state index contributed by atoms with van der Waals surface area (Å²) in [6, 6.07) is 15.1. The number of carbonyl (C=O) groups excluding carboxylic acids is 2. The van der Waals surface area contributed by atoms with E-state index in [1.807, 2.05) is 50.2 Å². The van der Waals surface area contributed by atoms with E-state index in [2.05, 4.69) is 5.32 Å². The number of hydrogen-bond donors (Lipinski definition) is 1. The molecule has 1 aliphatic rings. The number of halogens is 1. The minimum atomic E-state index is -0.475. The normalized spacial score (nSPS) is 14.6. The molecule has 0 aliphatic heterocycles. The predicted octanol–water partition coefficient (Wildman–Crippen LogP) is 5.67. The van der Waals surface area contributed by atoms with E-state index in [9.17, 15) is 9.59 Å². The van der Waals surface area contributed by atoms with Gasteiger partial charge in [-0.15, -0.1) is 0 Å². The first-order valence-corrected chi connectivity index (χ1v) is 12.4. The summed E-state index contributed by atoms with van der Waals surface area (Å²) < 4.78 is 5.74. The first-order valence-electron chi connectivity index (χ1n) is 12.0. The topological polar surface area (TPSA) is 58.6 Å². The molecule has 2 aromatic carbocycles. The quantitative estimate of drug-likeness (QED) is 0.430. The highest BCUT2D eigenvalue weighted by Gasteiger charge is 2.30. The summed E-state index contributed by atoms with van der Waals surface area (Å²) in [7, 11) is 0. The smallest absolute Gasteiger partial charge is 0.243 e. The third kappa shape index (κ3) is 7.78. The Morgan fingerprint density at radius 3 is 2.39 bits per heavy atom. The highest BCUT2D eigenvalue weighted by molar-refractivity contribution is 6.30. The molecule has 1 aliphatic carbocycles. The van der Waals surface area contributed by atoms with Gasteiger partial charge in [0.1, 0.15) is 11.8 Å². The molecule has 0 bridgehead atoms. The van der Waals surface area contributed by atoms with Gasteiger partial charge in [-0.05, 0) is 62.4 Å². The maximum atomic E-state index is 13.3. The Morgan fingerprint density at radius 1 is 1.09 bits per heavy atom. The molecule has 1 saturated carbocycles. The van der Waals surface area contributed by atoms with Crippen molar-refractivity contribution in [2.24, 2.45) is 0 Å². The van der Waals surface area contributed by atoms with Gasteiger partial charge in [0.25, 0.3) is 0 Å². The Balaban J connectivity index is 1.63. The molecule has 0 heterocycles. The van der Waals surface area contributed by atoms with Gasteiger partial charge in [-0.25, -0.2) is 0 Å². The van der Waals surface area contributed by atoms with Crippen molar-refractivity contribution >= 4 is 23.4 Å². The molecule has 0 saturated heterocycles. The molecule has 0 spiro atoms. The largest absolute Gasteiger partial charge is 0.494 e. The number of aryl methyl sites for hydroxylation is 1. The average Bonchev–Trinajstić information content (AvgIpc) is 3.32. The summed E-state index contributed by atoms with van der Waals surface area (Å²) in [6.07, 6.45) is 5.84. The van der Waals surface area contributed by atoms with Crippen LogP contribution in [0, 0.1) is 6.92 Å². The van der Waals surface area contributed by atoms with Gasteiger partial charge in [-0.3, -0.25) is 9.59 Å². The Hall–Kier alpha value is -2.53. The first kappa shape index (κ1) is 25.1. The summed E-state index contributed by atoms with van der Waals surface area (Å²) in [4.78, 5) is 28.2. The number of nitrogens with one attached hydrogen (secondary N) is 1. The molecule has 1 N–H and O–H groups in total. The van der Waals surface area contributed by atoms with Crippen LogP contribution in [0.4, 0.5) is 0 Å². The van der Waals surface area contributed by atoms with Gasteiger partial charge in [-0.1, -0.05) is 61.2 Å². The number of carbonyl (C=O) groups is 2. The molecule has 1 atom stereocenters. The molecule has 2 amide bonds. The second kappa shape index (κ2) is 12.6. The highest BCUT2D eigenvalue weighted by atomic mass is 35.5. The van der Waals surface area contributed by atoms with Crippen LogP contribution in [0.3, 0.4) is 0 Å². The SMILES string of the molecule is CC[C@H](C(=O)NC1CCCC1)N(Cc1ccc(C)cc1)C(=O)CCCOc1ccc(Cl)cc1. The molecule has 0 radical (unpaired) electrons. The van der Waals surface area contributed by atoms with Crippen molar-refractivity contribution in [3.8, 4) is 5.75 Å². The van der Waals surface area contributed by atoms with E-state index >= 15 is 0 Å². The number of hydrogen-bond acceptors (Lipinski definition) is 3. The summed E-state index contributed by atoms with van der Waals surface area (Å²) in [5, 5.41) is 3.84. The van der Waals surface area contributed by atoms with Crippen molar-refractivity contribution in [2.75, 3.05) is 6.61 Å². The van der Waals surface area contributed by atoms with Crippen molar-refractivity contribution in [2.45, 2.75) is 77.4 Å². The lowest BCUT2D eigenvalue weighted by Crippen LogP contribution is -2.50. The van der Waals surface area contributed by atoms with E-state index in [0.29, 0.717) is 37.4 Å². The van der Waals surface area contributed by atoms with Gasteiger partial charge in [0.05, 0.1) is 6.61 Å². The minimum absolute atomic E-state index is 0.0243. The van der Waals surface area contributed by atoms with Gasteiger partial charge < -0.3 is 15.0 Å². The van der Waals surface area contributed by atoms with Crippen LogP contribution >= 0.6 is 11.6 Å². The zero-order valence-corrected chi connectivity index (χ0v) is 20.4. The van der Waals surface area contributed by atoms with Crippen molar-refractivity contribution in [1.82, 2.24) is 10.2 Å². The van der Waals surface area contributed by atoms with E-state index in [4.69, 9.17) is 16.3 Å². The fourth-order valence-corrected chi connectivity index (χ4v) is 4.39. The van der Waals surface area contributed by atoms with E-state index in [1.165, 1.54) is 5.56 Å². The Kier molecular flexibility index (Phi) is 9.61. The Morgan fingerprint density at radius 2 is 1.76 bits per heavy atom. The molecule has 33 heavy (non-hydrogen) atoms. The summed E-state index contributed by atoms with van der Waals surface area (Å²) >= 11 is 5.91. The van der Waals surface area contributed by atoms with Crippen molar-refractivity contribution in [3.05, 3.63) is 64.7 Å². The zero-order chi connectivity index (χ0) is 23.6. The van der Waals surface area contributed by atoms with Gasteiger partial charge in [0.2, 0.25) is 11.8 Å². The summed E-state index contributed by atoms with van der Waals surface area (Å²) in [5.74, 6) is 0.664. The van der Waals surface area contributed by atoms with Crippen LogP contribution in [0.1, 0.15) is 63.0 Å². The monoisotopic (exact) mass is 470 g/mol. The third-order valence-electron chi connectivity index (χ3n) is 6.18. The van der Waals surface area contributed by atoms with Crippen LogP contribution in [0.15, 0.2) is 48.5 Å². The molecule has 5 nitrogen and oxygen atoms in total. The first-order chi connectivity index (χ1) is 16.0. The standard InChI is InChI=1S/C27H35ClN2O3/c1-3-25(27(32)29-23-7-4-5-8-23)30(19-21-12-10-20(2)11-13-21)26(31)9-6-18-33-24-16-14-22(28)15-17-24/h10-17,23,25H,3-9,18-19H2,1-2H3,(H,29,32)/t25-/m1/s1. The molecule has 6 heteroatoms. The third-order valence-corrected chi connectivity index (χ3v) is 6.43. The van der Waals surface area contributed by atoms with E-state index < -0.39 is 6.04 Å². The highest BCUT2D eigenvalue weighted by Crippen LogP contribution is 2.20. The summed E-state index contributed by atoms with van der Waals surface area (Å²) in [5.41, 5.74) is 2.19. The average molecular weight is 471 g/mol. The lowest BCUT2D eigenvalue weighted by atomic mass is 10.1. The van der Waals surface area contributed by atoms with E-state index in [0.717, 1.165) is 37.0 Å². The predicted molar refractivity (Wildman–Crippen MR) is 132 cm³/mol. The fourth-order valence-electron chi connectivity index (χ4n) is 4.27. The lowest BCUT2D eigenvalue weighted by molar-refractivity contribution is -0.141. The maximum Gasteiger partial charge on any atom is 0.243 e. The van der Waals surface area contributed by atoms with Crippen LogP contribution in [-0.4, -0.2) is 35.4 Å². The number of benzene rings is 2. The maximum absolute atomic E-state index is 13.3. The number of amides is 2. The number of nitrogens with zero attached hydrogens (tertiary/aromatic N) is 1. The fraction of sp³-hybridized carbons (Fsp3) is 0.481.